The smallest absolute Gasteiger partial charge is 0.338 e. The minimum absolute atomic E-state index is 0.00592. The molecule has 28 heavy (non-hydrogen) atoms. The van der Waals surface area contributed by atoms with Gasteiger partial charge >= 0.3 is 5.97 Å². The third-order valence-electron chi connectivity index (χ3n) is 4.32. The van der Waals surface area contributed by atoms with Crippen molar-refractivity contribution in [2.45, 2.75) is 13.3 Å². The predicted molar refractivity (Wildman–Crippen MR) is 102 cm³/mol. The molecule has 2 aromatic carbocycles. The molecule has 1 heterocycles. The number of benzene rings is 2. The summed E-state index contributed by atoms with van der Waals surface area (Å²) < 4.78 is 5.85. The molecule has 0 spiro atoms. The van der Waals surface area contributed by atoms with Crippen LogP contribution in [0.1, 0.15) is 43.1 Å². The van der Waals surface area contributed by atoms with E-state index in [9.17, 15) is 24.5 Å². The van der Waals surface area contributed by atoms with Gasteiger partial charge in [0.1, 0.15) is 0 Å². The van der Waals surface area contributed by atoms with Crippen LogP contribution in [0.4, 0.5) is 5.69 Å². The molecule has 0 saturated carbocycles. The number of nitro groups is 1. The first-order valence-electron chi connectivity index (χ1n) is 8.37. The SMILES string of the molecule is Cc1cc(C(=O)OCCCN2C(=O)c3ccc(Br)cc3C2=O)ccc1[N+](=O)[O-]. The van der Waals surface area contributed by atoms with Crippen LogP contribution in [-0.2, 0) is 4.74 Å². The lowest BCUT2D eigenvalue weighted by Crippen LogP contribution is -2.31. The molecule has 0 aromatic heterocycles. The van der Waals surface area contributed by atoms with Gasteiger partial charge in [0.2, 0.25) is 0 Å². The average molecular weight is 447 g/mol. The van der Waals surface area contributed by atoms with E-state index in [0.29, 0.717) is 21.2 Å². The van der Waals surface area contributed by atoms with Gasteiger partial charge in [-0.15, -0.1) is 0 Å². The normalized spacial score (nSPS) is 12.9. The molecule has 0 N–H and O–H groups in total. The Morgan fingerprint density at radius 3 is 2.54 bits per heavy atom. The average Bonchev–Trinajstić information content (AvgIpc) is 2.88. The van der Waals surface area contributed by atoms with Crippen LogP contribution in [0.25, 0.3) is 0 Å². The van der Waals surface area contributed by atoms with E-state index in [4.69, 9.17) is 4.74 Å². The van der Waals surface area contributed by atoms with E-state index >= 15 is 0 Å². The summed E-state index contributed by atoms with van der Waals surface area (Å²) in [5.74, 6) is -1.37. The molecule has 3 rings (SSSR count). The van der Waals surface area contributed by atoms with E-state index in [1.54, 1.807) is 18.2 Å². The Kier molecular flexibility index (Phi) is 5.55. The molecule has 0 atom stereocenters. The number of hydrogen-bond donors (Lipinski definition) is 0. The summed E-state index contributed by atoms with van der Waals surface area (Å²) in [6.07, 6.45) is 0.282. The molecule has 0 saturated heterocycles. The Morgan fingerprint density at radius 1 is 1.14 bits per heavy atom. The first-order chi connectivity index (χ1) is 13.3. The third kappa shape index (κ3) is 3.79. The summed E-state index contributed by atoms with van der Waals surface area (Å²) in [4.78, 5) is 48.2. The van der Waals surface area contributed by atoms with Crippen LogP contribution >= 0.6 is 15.9 Å². The standard InChI is InChI=1S/C19H15BrN2O6/c1-11-9-12(3-6-16(11)22(26)27)19(25)28-8-2-7-21-17(23)14-5-4-13(20)10-15(14)18(21)24/h3-6,9-10H,2,7-8H2,1H3. The van der Waals surface area contributed by atoms with Crippen molar-refractivity contribution in [2.24, 2.45) is 0 Å². The Labute approximate surface area is 168 Å². The Hall–Kier alpha value is -3.07. The van der Waals surface area contributed by atoms with Crippen LogP contribution in [0.5, 0.6) is 0 Å². The minimum Gasteiger partial charge on any atom is -0.462 e. The van der Waals surface area contributed by atoms with Crippen LogP contribution in [0.3, 0.4) is 0 Å². The van der Waals surface area contributed by atoms with E-state index in [-0.39, 0.29) is 42.6 Å². The molecule has 9 heteroatoms. The second-order valence-electron chi connectivity index (χ2n) is 6.20. The maximum Gasteiger partial charge on any atom is 0.338 e. The van der Waals surface area contributed by atoms with Crippen LogP contribution in [0.2, 0.25) is 0 Å². The molecule has 0 aliphatic carbocycles. The number of nitrogens with zero attached hydrogens (tertiary/aromatic N) is 2. The summed E-state index contributed by atoms with van der Waals surface area (Å²) in [5.41, 5.74) is 1.18. The number of halogens is 1. The first kappa shape index (κ1) is 19.7. The molecule has 0 unspecified atom stereocenters. The van der Waals surface area contributed by atoms with Crippen molar-refractivity contribution in [2.75, 3.05) is 13.2 Å². The number of rotatable bonds is 6. The van der Waals surface area contributed by atoms with Gasteiger partial charge in [0, 0.05) is 22.6 Å². The molecule has 0 bridgehead atoms. The van der Waals surface area contributed by atoms with E-state index in [0.717, 1.165) is 4.90 Å². The van der Waals surface area contributed by atoms with Gasteiger partial charge < -0.3 is 4.74 Å². The molecule has 1 aliphatic rings. The monoisotopic (exact) mass is 446 g/mol. The van der Waals surface area contributed by atoms with Gasteiger partial charge in [-0.05, 0) is 43.7 Å². The lowest BCUT2D eigenvalue weighted by molar-refractivity contribution is -0.385. The van der Waals surface area contributed by atoms with Crippen molar-refractivity contribution in [1.29, 1.82) is 0 Å². The Balaban J connectivity index is 1.54. The molecule has 0 radical (unpaired) electrons. The number of ether oxygens (including phenoxy) is 1. The van der Waals surface area contributed by atoms with Crippen LogP contribution in [-0.4, -0.2) is 40.8 Å². The number of amides is 2. The molecule has 0 fully saturated rings. The number of imide groups is 1. The Morgan fingerprint density at radius 2 is 1.86 bits per heavy atom. The highest BCUT2D eigenvalue weighted by molar-refractivity contribution is 9.10. The molecular formula is C19H15BrN2O6. The zero-order chi connectivity index (χ0) is 20.4. The molecule has 144 valence electrons. The summed E-state index contributed by atoms with van der Waals surface area (Å²) in [6, 6.07) is 8.87. The molecule has 2 amide bonds. The van der Waals surface area contributed by atoms with Crippen LogP contribution < -0.4 is 0 Å². The number of carbonyl (C=O) groups excluding carboxylic acids is 3. The number of esters is 1. The fraction of sp³-hybridized carbons (Fsp3) is 0.211. The van der Waals surface area contributed by atoms with Gasteiger partial charge in [0.15, 0.2) is 0 Å². The summed E-state index contributed by atoms with van der Waals surface area (Å²) in [6.45, 7) is 1.66. The van der Waals surface area contributed by atoms with E-state index in [1.807, 2.05) is 0 Å². The Bertz CT molecular complexity index is 1000. The molecule has 2 aromatic rings. The summed E-state index contributed by atoms with van der Waals surface area (Å²) in [7, 11) is 0. The predicted octanol–water partition coefficient (Wildman–Crippen LogP) is 3.51. The molecule has 8 nitrogen and oxygen atoms in total. The van der Waals surface area contributed by atoms with Gasteiger partial charge in [-0.2, -0.15) is 0 Å². The van der Waals surface area contributed by atoms with Crippen LogP contribution in [0, 0.1) is 17.0 Å². The molecular weight excluding hydrogens is 432 g/mol. The second kappa shape index (κ2) is 7.89. The third-order valence-corrected chi connectivity index (χ3v) is 4.81. The second-order valence-corrected chi connectivity index (χ2v) is 7.12. The van der Waals surface area contributed by atoms with Crippen molar-refractivity contribution in [1.82, 2.24) is 4.90 Å². The highest BCUT2D eigenvalue weighted by Crippen LogP contribution is 2.26. The number of fused-ring (bicyclic) bond motifs is 1. The zero-order valence-corrected chi connectivity index (χ0v) is 16.4. The van der Waals surface area contributed by atoms with E-state index < -0.39 is 10.9 Å². The van der Waals surface area contributed by atoms with Crippen molar-refractivity contribution >= 4 is 39.4 Å². The fourth-order valence-electron chi connectivity index (χ4n) is 2.92. The van der Waals surface area contributed by atoms with Gasteiger partial charge in [-0.25, -0.2) is 4.79 Å². The van der Waals surface area contributed by atoms with E-state index in [2.05, 4.69) is 15.9 Å². The lowest BCUT2D eigenvalue weighted by atomic mass is 10.1. The van der Waals surface area contributed by atoms with Crippen molar-refractivity contribution in [3.8, 4) is 0 Å². The van der Waals surface area contributed by atoms with Crippen molar-refractivity contribution in [3.05, 3.63) is 73.2 Å². The highest BCUT2D eigenvalue weighted by Gasteiger charge is 2.35. The van der Waals surface area contributed by atoms with Gasteiger partial charge in [0.25, 0.3) is 17.5 Å². The zero-order valence-electron chi connectivity index (χ0n) is 14.8. The maximum absolute atomic E-state index is 12.4. The van der Waals surface area contributed by atoms with E-state index in [1.165, 1.54) is 25.1 Å². The topological polar surface area (TPSA) is 107 Å². The first-order valence-corrected chi connectivity index (χ1v) is 9.17. The van der Waals surface area contributed by atoms with Crippen molar-refractivity contribution in [3.63, 3.8) is 0 Å². The summed E-state index contributed by atoms with van der Waals surface area (Å²) in [5, 5.41) is 10.8. The summed E-state index contributed by atoms with van der Waals surface area (Å²) >= 11 is 3.27. The van der Waals surface area contributed by atoms with Crippen molar-refractivity contribution < 1.29 is 24.0 Å². The number of hydrogen-bond acceptors (Lipinski definition) is 6. The highest BCUT2D eigenvalue weighted by atomic mass is 79.9. The minimum atomic E-state index is -0.621. The lowest BCUT2D eigenvalue weighted by Gasteiger charge is -2.13. The van der Waals surface area contributed by atoms with Crippen LogP contribution in [0.15, 0.2) is 40.9 Å². The quantitative estimate of drug-likeness (QED) is 0.221. The fourth-order valence-corrected chi connectivity index (χ4v) is 3.29. The maximum atomic E-state index is 12.4. The number of aryl methyl sites for hydroxylation is 1. The molecule has 1 aliphatic heterocycles. The number of nitro benzene ring substituents is 1. The number of carbonyl (C=O) groups is 3. The van der Waals surface area contributed by atoms with Gasteiger partial charge in [-0.1, -0.05) is 15.9 Å². The largest absolute Gasteiger partial charge is 0.462 e. The van der Waals surface area contributed by atoms with Gasteiger partial charge in [0.05, 0.1) is 28.2 Å². The van der Waals surface area contributed by atoms with Gasteiger partial charge in [-0.3, -0.25) is 24.6 Å².